The lowest BCUT2D eigenvalue weighted by atomic mass is 9.44. The smallest absolute Gasteiger partial charge is 0.137 e. The molecule has 4 aliphatic rings. The lowest BCUT2D eigenvalue weighted by Gasteiger charge is -2.60. The van der Waals surface area contributed by atoms with E-state index < -0.39 is 0 Å². The van der Waals surface area contributed by atoms with Gasteiger partial charge in [-0.15, -0.1) is 0 Å². The summed E-state index contributed by atoms with van der Waals surface area (Å²) in [6, 6.07) is 0. The molecule has 0 spiro atoms. The van der Waals surface area contributed by atoms with Gasteiger partial charge in [-0.05, 0) is 80.0 Å². The lowest BCUT2D eigenvalue weighted by molar-refractivity contribution is -0.179. The number of ether oxygens (including phenoxy) is 1. The van der Waals surface area contributed by atoms with Gasteiger partial charge in [0.25, 0.3) is 0 Å². The Kier molecular flexibility index (Phi) is 4.35. The average Bonchev–Trinajstić information content (AvgIpc) is 2.83. The molecule has 0 aromatic rings. The van der Waals surface area contributed by atoms with Crippen LogP contribution >= 0.6 is 0 Å². The molecular formula is C22H36O3. The number of ketones is 1. The number of hydrogen-bond donors (Lipinski definition) is 1. The van der Waals surface area contributed by atoms with Crippen molar-refractivity contribution in [3.8, 4) is 0 Å². The number of Topliss-reactive ketones (excluding diaryl/α,β-unsaturated/α-hetero) is 1. The van der Waals surface area contributed by atoms with Crippen molar-refractivity contribution in [2.24, 2.45) is 40.4 Å². The van der Waals surface area contributed by atoms with Gasteiger partial charge in [-0.25, -0.2) is 0 Å². The van der Waals surface area contributed by atoms with Crippen molar-refractivity contribution in [3.05, 3.63) is 0 Å². The molecule has 9 atom stereocenters. The van der Waals surface area contributed by atoms with Gasteiger partial charge in [-0.1, -0.05) is 20.8 Å². The van der Waals surface area contributed by atoms with Crippen LogP contribution in [-0.4, -0.2) is 29.7 Å². The van der Waals surface area contributed by atoms with Gasteiger partial charge in [-0.2, -0.15) is 0 Å². The highest BCUT2D eigenvalue weighted by Crippen LogP contribution is 2.66. The molecule has 142 valence electrons. The van der Waals surface area contributed by atoms with Crippen LogP contribution in [0, 0.1) is 40.4 Å². The molecule has 1 N–H and O–H groups in total. The molecule has 25 heavy (non-hydrogen) atoms. The summed E-state index contributed by atoms with van der Waals surface area (Å²) in [5.41, 5.74) is 0.251. The molecule has 0 amide bonds. The third kappa shape index (κ3) is 2.48. The summed E-state index contributed by atoms with van der Waals surface area (Å²) in [6.07, 6.45) is 6.98. The van der Waals surface area contributed by atoms with Gasteiger partial charge in [0.15, 0.2) is 0 Å². The molecule has 3 heteroatoms. The van der Waals surface area contributed by atoms with Gasteiger partial charge in [0.05, 0.1) is 12.2 Å². The second-order valence-electron chi connectivity index (χ2n) is 10.2. The van der Waals surface area contributed by atoms with E-state index in [1.807, 2.05) is 6.92 Å². The Morgan fingerprint density at radius 2 is 1.92 bits per heavy atom. The van der Waals surface area contributed by atoms with Crippen molar-refractivity contribution in [3.63, 3.8) is 0 Å². The summed E-state index contributed by atoms with van der Waals surface area (Å²) < 4.78 is 5.89. The molecule has 0 aromatic heterocycles. The first kappa shape index (κ1) is 18.0. The van der Waals surface area contributed by atoms with Gasteiger partial charge in [-0.3, -0.25) is 4.79 Å². The number of aliphatic hydroxyl groups is 1. The maximum Gasteiger partial charge on any atom is 0.137 e. The van der Waals surface area contributed by atoms with Gasteiger partial charge < -0.3 is 9.84 Å². The standard InChI is InChI=1S/C22H36O3/c1-5-25-19-12-22(4)14(10-17(19)23)7-8-15-16-9-6-13(2)21(16,3)11-18(24)20(15)22/h13-17,19-20,23H,5-12H2,1-4H3/t13-,14+,15+,16+,17+,19+,20-,21-,22+/m1/s1. The molecule has 0 heterocycles. The molecule has 0 aromatic carbocycles. The summed E-state index contributed by atoms with van der Waals surface area (Å²) in [6.45, 7) is 9.75. The fraction of sp³-hybridized carbons (Fsp3) is 0.955. The first-order chi connectivity index (χ1) is 11.8. The van der Waals surface area contributed by atoms with E-state index in [2.05, 4.69) is 20.8 Å². The van der Waals surface area contributed by atoms with Crippen molar-refractivity contribution >= 4 is 5.78 Å². The largest absolute Gasteiger partial charge is 0.390 e. The summed E-state index contributed by atoms with van der Waals surface area (Å²) in [5, 5.41) is 10.5. The summed E-state index contributed by atoms with van der Waals surface area (Å²) in [5.74, 6) is 3.17. The Balaban J connectivity index is 1.66. The van der Waals surface area contributed by atoms with Crippen LogP contribution in [0.15, 0.2) is 0 Å². The zero-order valence-electron chi connectivity index (χ0n) is 16.5. The SMILES string of the molecule is CCO[C@H]1C[C@@]2(C)[C@@H](CC[C@H]3[C@@H]4CC[C@@H](C)[C@@]4(C)CC(=O)[C@@H]32)C[C@@H]1O. The van der Waals surface area contributed by atoms with E-state index >= 15 is 0 Å². The minimum Gasteiger partial charge on any atom is -0.390 e. The monoisotopic (exact) mass is 348 g/mol. The van der Waals surface area contributed by atoms with Gasteiger partial charge in [0.2, 0.25) is 0 Å². The second-order valence-corrected chi connectivity index (χ2v) is 10.2. The van der Waals surface area contributed by atoms with Gasteiger partial charge in [0, 0.05) is 18.9 Å². The molecular weight excluding hydrogens is 312 g/mol. The molecule has 3 nitrogen and oxygen atoms in total. The Morgan fingerprint density at radius 3 is 2.64 bits per heavy atom. The topological polar surface area (TPSA) is 46.5 Å². The van der Waals surface area contributed by atoms with Crippen molar-refractivity contribution < 1.29 is 14.6 Å². The highest BCUT2D eigenvalue weighted by molar-refractivity contribution is 5.84. The Hall–Kier alpha value is -0.410. The summed E-state index contributed by atoms with van der Waals surface area (Å²) >= 11 is 0. The van der Waals surface area contributed by atoms with E-state index in [1.54, 1.807) is 0 Å². The summed E-state index contributed by atoms with van der Waals surface area (Å²) in [4.78, 5) is 13.4. The van der Waals surface area contributed by atoms with Crippen molar-refractivity contribution in [2.75, 3.05) is 6.61 Å². The molecule has 0 bridgehead atoms. The molecule has 0 unspecified atom stereocenters. The zero-order chi connectivity index (χ0) is 18.0. The van der Waals surface area contributed by atoms with Crippen LogP contribution in [-0.2, 0) is 9.53 Å². The molecule has 4 fully saturated rings. The quantitative estimate of drug-likeness (QED) is 0.813. The molecule has 4 rings (SSSR count). The minimum absolute atomic E-state index is 0.0201. The van der Waals surface area contributed by atoms with Crippen LogP contribution in [0.5, 0.6) is 0 Å². The number of hydrogen-bond acceptors (Lipinski definition) is 3. The fourth-order valence-electron chi connectivity index (χ4n) is 7.70. The van der Waals surface area contributed by atoms with Gasteiger partial charge >= 0.3 is 0 Å². The number of carbonyl (C=O) groups is 1. The van der Waals surface area contributed by atoms with Gasteiger partial charge in [0.1, 0.15) is 5.78 Å². The highest BCUT2D eigenvalue weighted by atomic mass is 16.5. The predicted octanol–water partition coefficient (Wildman–Crippen LogP) is 4.22. The van der Waals surface area contributed by atoms with E-state index in [1.165, 1.54) is 25.7 Å². The molecule has 4 aliphatic carbocycles. The van der Waals surface area contributed by atoms with Crippen LogP contribution in [0.4, 0.5) is 0 Å². The molecule has 0 radical (unpaired) electrons. The Morgan fingerprint density at radius 1 is 1.16 bits per heavy atom. The third-order valence-electron chi connectivity index (χ3n) is 9.20. The number of carbonyl (C=O) groups excluding carboxylic acids is 1. The number of fused-ring (bicyclic) bond motifs is 5. The van der Waals surface area contributed by atoms with Crippen molar-refractivity contribution in [1.82, 2.24) is 0 Å². The third-order valence-corrected chi connectivity index (χ3v) is 9.20. The number of aliphatic hydroxyl groups excluding tert-OH is 1. The Bertz CT molecular complexity index is 545. The molecule has 0 saturated heterocycles. The van der Waals surface area contributed by atoms with E-state index in [0.29, 0.717) is 30.1 Å². The van der Waals surface area contributed by atoms with Crippen LogP contribution in [0.3, 0.4) is 0 Å². The van der Waals surface area contributed by atoms with Crippen molar-refractivity contribution in [1.29, 1.82) is 0 Å². The van der Waals surface area contributed by atoms with Crippen LogP contribution in [0.25, 0.3) is 0 Å². The van der Waals surface area contributed by atoms with Crippen LogP contribution in [0.1, 0.15) is 72.6 Å². The minimum atomic E-state index is -0.356. The molecule has 0 aliphatic heterocycles. The van der Waals surface area contributed by atoms with E-state index in [-0.39, 0.29) is 29.0 Å². The highest BCUT2D eigenvalue weighted by Gasteiger charge is 2.63. The predicted molar refractivity (Wildman–Crippen MR) is 98.1 cm³/mol. The first-order valence-electron chi connectivity index (χ1n) is 10.6. The van der Waals surface area contributed by atoms with Crippen LogP contribution in [0.2, 0.25) is 0 Å². The maximum absolute atomic E-state index is 13.4. The second kappa shape index (κ2) is 6.05. The summed E-state index contributed by atoms with van der Waals surface area (Å²) in [7, 11) is 0. The van der Waals surface area contributed by atoms with E-state index in [9.17, 15) is 9.90 Å². The normalized spacial score (nSPS) is 55.4. The first-order valence-corrected chi connectivity index (χ1v) is 10.6. The number of rotatable bonds is 2. The molecule has 4 saturated carbocycles. The zero-order valence-corrected chi connectivity index (χ0v) is 16.5. The maximum atomic E-state index is 13.4. The average molecular weight is 349 g/mol. The lowest BCUT2D eigenvalue weighted by Crippen LogP contribution is -2.59. The van der Waals surface area contributed by atoms with Crippen LogP contribution < -0.4 is 0 Å². The Labute approximate surface area is 152 Å². The van der Waals surface area contributed by atoms with E-state index in [4.69, 9.17) is 4.74 Å². The van der Waals surface area contributed by atoms with Crippen molar-refractivity contribution in [2.45, 2.75) is 84.8 Å². The van der Waals surface area contributed by atoms with E-state index in [0.717, 1.165) is 25.2 Å². The fourth-order valence-corrected chi connectivity index (χ4v) is 7.70.